The maximum absolute atomic E-state index is 11.3. The average molecular weight is 235 g/mol. The standard InChI is InChI=1S/C10H5NO6/c12-9(13)7-8(11(15)16)5-3-1-2-4-6(5)17-10(7)14/h1-4H,(H,12,13). The van der Waals surface area contributed by atoms with Gasteiger partial charge in [-0.3, -0.25) is 10.1 Å². The van der Waals surface area contributed by atoms with Crippen molar-refractivity contribution in [3.8, 4) is 0 Å². The molecule has 1 heterocycles. The zero-order valence-electron chi connectivity index (χ0n) is 8.25. The second kappa shape index (κ2) is 3.71. The maximum atomic E-state index is 11.3. The lowest BCUT2D eigenvalue weighted by atomic mass is 10.1. The Hall–Kier alpha value is -2.70. The molecule has 0 saturated heterocycles. The lowest BCUT2D eigenvalue weighted by Gasteiger charge is -2.00. The fourth-order valence-corrected chi connectivity index (χ4v) is 1.51. The number of rotatable bonds is 2. The largest absolute Gasteiger partial charge is 0.477 e. The number of carbonyl (C=O) groups is 1. The van der Waals surface area contributed by atoms with Gasteiger partial charge in [0.15, 0.2) is 0 Å². The monoisotopic (exact) mass is 235 g/mol. The molecule has 0 aliphatic rings. The van der Waals surface area contributed by atoms with Crippen LogP contribution in [0.15, 0.2) is 33.5 Å². The molecule has 7 nitrogen and oxygen atoms in total. The first-order valence-electron chi connectivity index (χ1n) is 4.46. The molecule has 1 aromatic carbocycles. The van der Waals surface area contributed by atoms with Crippen LogP contribution in [-0.4, -0.2) is 16.0 Å². The van der Waals surface area contributed by atoms with Gasteiger partial charge in [0.25, 0.3) is 0 Å². The number of benzene rings is 1. The van der Waals surface area contributed by atoms with Crippen LogP contribution in [-0.2, 0) is 0 Å². The third kappa shape index (κ3) is 1.63. The van der Waals surface area contributed by atoms with E-state index in [-0.39, 0.29) is 11.0 Å². The quantitative estimate of drug-likeness (QED) is 0.478. The zero-order valence-corrected chi connectivity index (χ0v) is 8.25. The summed E-state index contributed by atoms with van der Waals surface area (Å²) in [6, 6.07) is 5.69. The van der Waals surface area contributed by atoms with E-state index in [4.69, 9.17) is 9.52 Å². The van der Waals surface area contributed by atoms with Gasteiger partial charge in [0.1, 0.15) is 5.58 Å². The summed E-state index contributed by atoms with van der Waals surface area (Å²) >= 11 is 0. The highest BCUT2D eigenvalue weighted by atomic mass is 16.6. The summed E-state index contributed by atoms with van der Waals surface area (Å²) in [5.41, 5.74) is -2.96. The molecule has 0 aliphatic carbocycles. The van der Waals surface area contributed by atoms with Gasteiger partial charge in [0.2, 0.25) is 5.56 Å². The predicted octanol–water partition coefficient (Wildman–Crippen LogP) is 1.40. The predicted molar refractivity (Wildman–Crippen MR) is 56.1 cm³/mol. The Kier molecular flexibility index (Phi) is 2.36. The number of nitro groups is 1. The lowest BCUT2D eigenvalue weighted by molar-refractivity contribution is -0.383. The molecular formula is C10H5NO6. The molecule has 0 unspecified atom stereocenters. The van der Waals surface area contributed by atoms with Gasteiger partial charge in [-0.1, -0.05) is 12.1 Å². The van der Waals surface area contributed by atoms with Crippen LogP contribution < -0.4 is 5.63 Å². The molecule has 0 atom stereocenters. The van der Waals surface area contributed by atoms with E-state index in [1.807, 2.05) is 0 Å². The minimum absolute atomic E-state index is 0.0190. The van der Waals surface area contributed by atoms with Crippen LogP contribution in [0.2, 0.25) is 0 Å². The van der Waals surface area contributed by atoms with Crippen LogP contribution in [0.5, 0.6) is 0 Å². The fraction of sp³-hybridized carbons (Fsp3) is 0. The summed E-state index contributed by atoms with van der Waals surface area (Å²) in [4.78, 5) is 32.1. The molecule has 86 valence electrons. The second-order valence-corrected chi connectivity index (χ2v) is 3.17. The highest BCUT2D eigenvalue weighted by molar-refractivity contribution is 6.00. The van der Waals surface area contributed by atoms with Crippen molar-refractivity contribution in [1.82, 2.24) is 0 Å². The Labute approximate surface area is 93.1 Å². The number of aromatic carboxylic acids is 1. The zero-order chi connectivity index (χ0) is 12.6. The van der Waals surface area contributed by atoms with Gasteiger partial charge in [0.05, 0.1) is 10.3 Å². The second-order valence-electron chi connectivity index (χ2n) is 3.17. The summed E-state index contributed by atoms with van der Waals surface area (Å²) in [6.07, 6.45) is 0. The molecule has 1 N–H and O–H groups in total. The number of para-hydroxylation sites is 1. The lowest BCUT2D eigenvalue weighted by Crippen LogP contribution is -2.16. The van der Waals surface area contributed by atoms with Crippen LogP contribution in [0.3, 0.4) is 0 Å². The van der Waals surface area contributed by atoms with Gasteiger partial charge in [-0.2, -0.15) is 0 Å². The number of fused-ring (bicyclic) bond motifs is 1. The molecule has 0 radical (unpaired) electrons. The van der Waals surface area contributed by atoms with E-state index in [0.717, 1.165) is 0 Å². The van der Waals surface area contributed by atoms with Crippen molar-refractivity contribution in [2.45, 2.75) is 0 Å². The van der Waals surface area contributed by atoms with Crippen molar-refractivity contribution < 1.29 is 19.2 Å². The number of hydrogen-bond acceptors (Lipinski definition) is 5. The summed E-state index contributed by atoms with van der Waals surface area (Å²) < 4.78 is 4.70. The first-order valence-corrected chi connectivity index (χ1v) is 4.46. The topological polar surface area (TPSA) is 111 Å². The first kappa shape index (κ1) is 10.8. The van der Waals surface area contributed by atoms with Crippen molar-refractivity contribution >= 4 is 22.6 Å². The van der Waals surface area contributed by atoms with Gasteiger partial charge in [-0.25, -0.2) is 9.59 Å². The third-order valence-electron chi connectivity index (χ3n) is 2.18. The van der Waals surface area contributed by atoms with Crippen molar-refractivity contribution in [2.24, 2.45) is 0 Å². The molecule has 17 heavy (non-hydrogen) atoms. The van der Waals surface area contributed by atoms with Crippen LogP contribution in [0.25, 0.3) is 11.0 Å². The summed E-state index contributed by atoms with van der Waals surface area (Å²) in [5, 5.41) is 19.6. The highest BCUT2D eigenvalue weighted by Crippen LogP contribution is 2.26. The third-order valence-corrected chi connectivity index (χ3v) is 2.18. The van der Waals surface area contributed by atoms with Crippen molar-refractivity contribution in [1.29, 1.82) is 0 Å². The molecule has 2 aromatic rings. The van der Waals surface area contributed by atoms with E-state index in [2.05, 4.69) is 0 Å². The molecule has 0 saturated carbocycles. The summed E-state index contributed by atoms with van der Waals surface area (Å²) in [6.45, 7) is 0. The highest BCUT2D eigenvalue weighted by Gasteiger charge is 2.28. The van der Waals surface area contributed by atoms with E-state index < -0.39 is 27.8 Å². The number of nitrogens with zero attached hydrogens (tertiary/aromatic N) is 1. The Balaban J connectivity index is 3.04. The Morgan fingerprint density at radius 2 is 2.00 bits per heavy atom. The summed E-state index contributed by atoms with van der Waals surface area (Å²) in [7, 11) is 0. The average Bonchev–Trinajstić information content (AvgIpc) is 2.26. The van der Waals surface area contributed by atoms with Crippen LogP contribution in [0, 0.1) is 10.1 Å². The molecule has 0 amide bonds. The summed E-state index contributed by atoms with van der Waals surface area (Å²) in [5.74, 6) is -1.68. The van der Waals surface area contributed by atoms with Crippen molar-refractivity contribution in [2.75, 3.05) is 0 Å². The molecule has 0 fully saturated rings. The van der Waals surface area contributed by atoms with Gasteiger partial charge in [-0.05, 0) is 12.1 Å². The van der Waals surface area contributed by atoms with Crippen LogP contribution >= 0.6 is 0 Å². The molecule has 0 aliphatic heterocycles. The van der Waals surface area contributed by atoms with Crippen molar-refractivity contribution in [3.05, 3.63) is 50.4 Å². The minimum atomic E-state index is -1.68. The van der Waals surface area contributed by atoms with E-state index in [9.17, 15) is 19.7 Å². The van der Waals surface area contributed by atoms with Gasteiger partial charge in [-0.15, -0.1) is 0 Å². The smallest absolute Gasteiger partial charge is 0.358 e. The van der Waals surface area contributed by atoms with E-state index in [1.54, 1.807) is 0 Å². The van der Waals surface area contributed by atoms with Gasteiger partial charge < -0.3 is 9.52 Å². The number of hydrogen-bond donors (Lipinski definition) is 1. The number of carboxylic acids is 1. The Morgan fingerprint density at radius 3 is 2.59 bits per heavy atom. The number of carboxylic acid groups (broad SMARTS) is 1. The molecular weight excluding hydrogens is 230 g/mol. The van der Waals surface area contributed by atoms with Crippen molar-refractivity contribution in [3.63, 3.8) is 0 Å². The van der Waals surface area contributed by atoms with Gasteiger partial charge in [0, 0.05) is 0 Å². The maximum Gasteiger partial charge on any atom is 0.358 e. The van der Waals surface area contributed by atoms with Crippen LogP contribution in [0.1, 0.15) is 10.4 Å². The normalized spacial score (nSPS) is 10.4. The van der Waals surface area contributed by atoms with E-state index in [0.29, 0.717) is 0 Å². The molecule has 0 spiro atoms. The molecule has 1 aromatic heterocycles. The minimum Gasteiger partial charge on any atom is -0.477 e. The fourth-order valence-electron chi connectivity index (χ4n) is 1.51. The molecule has 0 bridgehead atoms. The molecule has 7 heteroatoms. The Bertz CT molecular complexity index is 687. The van der Waals surface area contributed by atoms with E-state index >= 15 is 0 Å². The van der Waals surface area contributed by atoms with Crippen LogP contribution in [0.4, 0.5) is 5.69 Å². The van der Waals surface area contributed by atoms with E-state index in [1.165, 1.54) is 24.3 Å². The Morgan fingerprint density at radius 1 is 1.35 bits per heavy atom. The SMILES string of the molecule is O=C(O)c1c([N+](=O)[O-])c2ccccc2oc1=O. The molecule has 2 rings (SSSR count). The first-order chi connectivity index (χ1) is 8.02. The van der Waals surface area contributed by atoms with Gasteiger partial charge >= 0.3 is 17.3 Å².